The van der Waals surface area contributed by atoms with E-state index in [1.54, 1.807) is 41.1 Å². The van der Waals surface area contributed by atoms with Gasteiger partial charge in [-0.15, -0.1) is 13.2 Å². The molecule has 0 bridgehead atoms. The summed E-state index contributed by atoms with van der Waals surface area (Å²) in [5, 5.41) is 20.6. The minimum absolute atomic E-state index is 0.118. The molecule has 2 amide bonds. The molecule has 12 heteroatoms. The van der Waals surface area contributed by atoms with Crippen molar-refractivity contribution < 1.29 is 32.6 Å². The lowest BCUT2D eigenvalue weighted by atomic mass is 10.1. The van der Waals surface area contributed by atoms with Gasteiger partial charge in [0, 0.05) is 11.9 Å². The van der Waals surface area contributed by atoms with Gasteiger partial charge in [-0.3, -0.25) is 9.59 Å². The quantitative estimate of drug-likeness (QED) is 0.286. The number of carbonyl (C=O) groups excluding carboxylic acids is 2. The summed E-state index contributed by atoms with van der Waals surface area (Å²) in [6, 6.07) is 14.1. The van der Waals surface area contributed by atoms with Crippen LogP contribution in [0, 0.1) is 6.92 Å². The van der Waals surface area contributed by atoms with E-state index in [0.29, 0.717) is 40.7 Å². The highest BCUT2D eigenvalue weighted by Gasteiger charge is 2.47. The van der Waals surface area contributed by atoms with Crippen molar-refractivity contribution in [2.24, 2.45) is 0 Å². The molecule has 1 heterocycles. The van der Waals surface area contributed by atoms with E-state index in [0.717, 1.165) is 0 Å². The van der Waals surface area contributed by atoms with Gasteiger partial charge in [-0.25, -0.2) is 4.68 Å². The summed E-state index contributed by atoms with van der Waals surface area (Å²) in [5.41, 5.74) is 1.35. The fourth-order valence-corrected chi connectivity index (χ4v) is 4.31. The number of hydrogen-bond acceptors (Lipinski definition) is 5. The number of anilines is 1. The summed E-state index contributed by atoms with van der Waals surface area (Å²) < 4.78 is 43.5. The first kappa shape index (κ1) is 26.5. The molecule has 1 aliphatic carbocycles. The number of halogens is 4. The lowest BCUT2D eigenvalue weighted by Crippen LogP contribution is -2.35. The maximum atomic E-state index is 13.2. The Labute approximate surface area is 225 Å². The fraction of sp³-hybridized carbons (Fsp3) is 0.222. The number of nitrogens with zero attached hydrogens (tertiary/aromatic N) is 2. The van der Waals surface area contributed by atoms with E-state index in [-0.39, 0.29) is 28.4 Å². The molecule has 3 aromatic carbocycles. The zero-order chi connectivity index (χ0) is 27.9. The van der Waals surface area contributed by atoms with Crippen molar-refractivity contribution in [2.45, 2.75) is 38.3 Å². The lowest BCUT2D eigenvalue weighted by molar-refractivity contribution is -0.274. The van der Waals surface area contributed by atoms with E-state index in [4.69, 9.17) is 11.6 Å². The van der Waals surface area contributed by atoms with Crippen LogP contribution in [0.25, 0.3) is 16.6 Å². The average molecular weight is 559 g/mol. The van der Waals surface area contributed by atoms with Gasteiger partial charge in [0.2, 0.25) is 0 Å². The molecule has 8 nitrogen and oxygen atoms in total. The molecule has 1 aliphatic rings. The Kier molecular flexibility index (Phi) is 6.73. The van der Waals surface area contributed by atoms with Crippen molar-refractivity contribution in [1.82, 2.24) is 15.1 Å². The minimum Gasteiger partial charge on any atom is -0.406 e. The molecule has 1 fully saturated rings. The molecule has 4 aromatic rings. The normalized spacial score (nSPS) is 14.2. The molecule has 1 saturated carbocycles. The van der Waals surface area contributed by atoms with Crippen LogP contribution in [0.1, 0.15) is 34.3 Å². The number of aryl methyl sites for hydroxylation is 1. The Morgan fingerprint density at radius 1 is 1.15 bits per heavy atom. The van der Waals surface area contributed by atoms with Crippen LogP contribution in [0.3, 0.4) is 0 Å². The number of alkyl halides is 3. The molecule has 1 aromatic heterocycles. The van der Waals surface area contributed by atoms with Gasteiger partial charge in [0.1, 0.15) is 11.4 Å². The molecular formula is C27H22ClF3N4O4. The summed E-state index contributed by atoms with van der Waals surface area (Å²) in [6.07, 6.45) is -2.41. The van der Waals surface area contributed by atoms with Crippen molar-refractivity contribution in [3.8, 4) is 11.4 Å². The van der Waals surface area contributed by atoms with Crippen LogP contribution in [0.5, 0.6) is 5.75 Å². The van der Waals surface area contributed by atoms with Crippen LogP contribution >= 0.6 is 11.6 Å². The zero-order valence-corrected chi connectivity index (χ0v) is 21.2. The van der Waals surface area contributed by atoms with Crippen molar-refractivity contribution in [1.29, 1.82) is 0 Å². The van der Waals surface area contributed by atoms with E-state index >= 15 is 0 Å². The molecule has 0 atom stereocenters. The molecular weight excluding hydrogens is 537 g/mol. The van der Waals surface area contributed by atoms with Gasteiger partial charge in [0.25, 0.3) is 11.8 Å². The maximum absolute atomic E-state index is 13.2. The van der Waals surface area contributed by atoms with Crippen molar-refractivity contribution in [2.75, 3.05) is 5.32 Å². The van der Waals surface area contributed by atoms with Gasteiger partial charge in [-0.2, -0.15) is 5.10 Å². The second kappa shape index (κ2) is 9.90. The molecule has 0 unspecified atom stereocenters. The SMILES string of the molecule is Cc1cc(-n2ncc3c(NC(=O)c4cc(CNC(=O)C5(O)CC5)ccc4Cl)cccc32)ccc1OC(F)(F)F. The van der Waals surface area contributed by atoms with Crippen LogP contribution < -0.4 is 15.4 Å². The number of ether oxygens (including phenoxy) is 1. The van der Waals surface area contributed by atoms with Gasteiger partial charge in [0.05, 0.1) is 33.7 Å². The van der Waals surface area contributed by atoms with Crippen LogP contribution in [0.4, 0.5) is 18.9 Å². The van der Waals surface area contributed by atoms with Crippen LogP contribution in [-0.2, 0) is 11.3 Å². The highest BCUT2D eigenvalue weighted by molar-refractivity contribution is 6.34. The average Bonchev–Trinajstić information content (AvgIpc) is 3.48. The molecule has 3 N–H and O–H groups in total. The number of aliphatic hydroxyl groups is 1. The van der Waals surface area contributed by atoms with Crippen molar-refractivity contribution in [3.05, 3.63) is 82.5 Å². The van der Waals surface area contributed by atoms with Crippen LogP contribution in [0.15, 0.2) is 60.8 Å². The van der Waals surface area contributed by atoms with Crippen molar-refractivity contribution >= 4 is 40.0 Å². The predicted octanol–water partition coefficient (Wildman–Crippen LogP) is 5.28. The lowest BCUT2D eigenvalue weighted by Gasteiger charge is -2.13. The summed E-state index contributed by atoms with van der Waals surface area (Å²) in [6.45, 7) is 1.62. The van der Waals surface area contributed by atoms with Gasteiger partial charge in [0.15, 0.2) is 0 Å². The summed E-state index contributed by atoms with van der Waals surface area (Å²) in [4.78, 5) is 25.2. The number of hydrogen-bond donors (Lipinski definition) is 3. The van der Waals surface area contributed by atoms with E-state index in [1.807, 2.05) is 0 Å². The molecule has 5 rings (SSSR count). The Balaban J connectivity index is 1.36. The molecule has 0 saturated heterocycles. The number of fused-ring (bicyclic) bond motifs is 1. The third-order valence-electron chi connectivity index (χ3n) is 6.37. The van der Waals surface area contributed by atoms with Gasteiger partial charge in [-0.1, -0.05) is 23.7 Å². The second-order valence-electron chi connectivity index (χ2n) is 9.27. The van der Waals surface area contributed by atoms with Gasteiger partial charge in [-0.05, 0) is 73.4 Å². The second-order valence-corrected chi connectivity index (χ2v) is 9.68. The molecule has 0 spiro atoms. The van der Waals surface area contributed by atoms with E-state index < -0.39 is 23.8 Å². The Morgan fingerprint density at radius 2 is 1.92 bits per heavy atom. The number of rotatable bonds is 7. The Hall–Kier alpha value is -4.09. The number of benzene rings is 3. The van der Waals surface area contributed by atoms with Crippen LogP contribution in [-0.4, -0.2) is 38.7 Å². The maximum Gasteiger partial charge on any atom is 0.573 e. The molecule has 0 aliphatic heterocycles. The number of carbonyl (C=O) groups is 2. The fourth-order valence-electron chi connectivity index (χ4n) is 4.11. The summed E-state index contributed by atoms with van der Waals surface area (Å²) >= 11 is 6.29. The summed E-state index contributed by atoms with van der Waals surface area (Å²) in [5.74, 6) is -1.25. The Bertz CT molecular complexity index is 1600. The smallest absolute Gasteiger partial charge is 0.406 e. The van der Waals surface area contributed by atoms with E-state index in [1.165, 1.54) is 31.3 Å². The summed E-state index contributed by atoms with van der Waals surface area (Å²) in [7, 11) is 0. The Morgan fingerprint density at radius 3 is 2.62 bits per heavy atom. The highest BCUT2D eigenvalue weighted by atomic mass is 35.5. The first-order chi connectivity index (χ1) is 18.4. The first-order valence-corrected chi connectivity index (χ1v) is 12.3. The number of nitrogens with one attached hydrogen (secondary N) is 2. The minimum atomic E-state index is -4.80. The van der Waals surface area contributed by atoms with Crippen LogP contribution in [0.2, 0.25) is 5.02 Å². The highest BCUT2D eigenvalue weighted by Crippen LogP contribution is 2.35. The largest absolute Gasteiger partial charge is 0.573 e. The van der Waals surface area contributed by atoms with E-state index in [2.05, 4.69) is 20.5 Å². The topological polar surface area (TPSA) is 105 Å². The monoisotopic (exact) mass is 558 g/mol. The third-order valence-corrected chi connectivity index (χ3v) is 6.69. The zero-order valence-electron chi connectivity index (χ0n) is 20.5. The van der Waals surface area contributed by atoms with Gasteiger partial charge < -0.3 is 20.5 Å². The standard InChI is InChI=1S/C27H22ClF3N4O4/c1-15-11-17(6-8-23(15)39-27(29,30)31)35-22-4-2-3-21(19(22)14-33-35)34-24(36)18-12-16(5-7-20(18)28)13-32-25(37)26(38)9-10-26/h2-8,11-12,14,38H,9-10,13H2,1H3,(H,32,37)(H,34,36). The molecule has 0 radical (unpaired) electrons. The number of aromatic nitrogens is 2. The third kappa shape index (κ3) is 5.69. The first-order valence-electron chi connectivity index (χ1n) is 11.9. The van der Waals surface area contributed by atoms with E-state index in [9.17, 15) is 27.9 Å². The molecule has 202 valence electrons. The predicted molar refractivity (Wildman–Crippen MR) is 138 cm³/mol. The van der Waals surface area contributed by atoms with Crippen molar-refractivity contribution in [3.63, 3.8) is 0 Å². The molecule has 39 heavy (non-hydrogen) atoms. The number of amides is 2. The van der Waals surface area contributed by atoms with Gasteiger partial charge >= 0.3 is 6.36 Å².